The Balaban J connectivity index is 1.09. The normalized spacial score (nSPS) is 22.3. The molecule has 3 saturated heterocycles. The lowest BCUT2D eigenvalue weighted by Gasteiger charge is -2.33. The molecule has 11 heteroatoms. The van der Waals surface area contributed by atoms with Gasteiger partial charge in [0.25, 0.3) is 5.91 Å². The molecule has 0 saturated carbocycles. The molecule has 7 rings (SSSR count). The van der Waals surface area contributed by atoms with Gasteiger partial charge in [0.05, 0.1) is 16.3 Å². The lowest BCUT2D eigenvalue weighted by Crippen LogP contribution is -2.46. The van der Waals surface area contributed by atoms with Crippen molar-refractivity contribution in [3.63, 3.8) is 0 Å². The molecule has 3 aliphatic heterocycles. The minimum Gasteiger partial charge on any atom is -0.380 e. The van der Waals surface area contributed by atoms with Crippen LogP contribution in [-0.4, -0.2) is 93.7 Å². The van der Waals surface area contributed by atoms with Gasteiger partial charge in [0, 0.05) is 80.5 Å². The highest BCUT2D eigenvalue weighted by Gasteiger charge is 2.43. The number of hydrogen-bond donors (Lipinski definition) is 1. The van der Waals surface area contributed by atoms with Gasteiger partial charge in [0.15, 0.2) is 0 Å². The second-order valence-electron chi connectivity index (χ2n) is 11.1. The van der Waals surface area contributed by atoms with E-state index in [-0.39, 0.29) is 12.0 Å². The molecule has 0 radical (unpaired) electrons. The summed E-state index contributed by atoms with van der Waals surface area (Å²) in [5.41, 5.74) is 3.36. The van der Waals surface area contributed by atoms with Crippen molar-refractivity contribution in [2.24, 2.45) is 0 Å². The van der Waals surface area contributed by atoms with Crippen molar-refractivity contribution in [3.8, 4) is 10.6 Å². The number of benzene rings is 1. The summed E-state index contributed by atoms with van der Waals surface area (Å²) in [7, 11) is 1.70. The number of ether oxygens (including phenoxy) is 1. The molecule has 0 unspecified atom stereocenters. The van der Waals surface area contributed by atoms with Gasteiger partial charge in [-0.25, -0.2) is 15.0 Å². The van der Waals surface area contributed by atoms with Crippen LogP contribution in [0.1, 0.15) is 35.8 Å². The first-order chi connectivity index (χ1) is 20.0. The number of amides is 1. The average molecular weight is 571 g/mol. The van der Waals surface area contributed by atoms with Crippen molar-refractivity contribution < 1.29 is 9.53 Å². The van der Waals surface area contributed by atoms with Gasteiger partial charge < -0.3 is 19.9 Å². The summed E-state index contributed by atoms with van der Waals surface area (Å²) in [5.74, 6) is 2.23. The highest BCUT2D eigenvalue weighted by Crippen LogP contribution is 2.34. The van der Waals surface area contributed by atoms with Crippen molar-refractivity contribution in [1.82, 2.24) is 29.7 Å². The fraction of sp³-hybridized carbons (Fsp3) is 0.433. The summed E-state index contributed by atoms with van der Waals surface area (Å²) in [6.07, 6.45) is 4.01. The Kier molecular flexibility index (Phi) is 6.80. The minimum atomic E-state index is 0.0321. The van der Waals surface area contributed by atoms with Crippen LogP contribution in [0.5, 0.6) is 0 Å². The number of likely N-dealkylation sites (tertiary alicyclic amines) is 2. The van der Waals surface area contributed by atoms with Crippen molar-refractivity contribution in [2.45, 2.75) is 44.9 Å². The Hall–Kier alpha value is -3.67. The van der Waals surface area contributed by atoms with E-state index in [0.29, 0.717) is 36.6 Å². The first kappa shape index (κ1) is 26.2. The molecule has 3 aliphatic rings. The number of nitrogens with one attached hydrogen (secondary N) is 1. The number of nitrogens with zero attached hydrogens (tertiary/aromatic N) is 7. The number of rotatable bonds is 7. The van der Waals surface area contributed by atoms with Gasteiger partial charge in [-0.05, 0) is 38.4 Å². The SMILES string of the molecule is CCN1C[C@@H]2C[C@H]1CN2c1nc(C)cc(Nc2cc3nc(-c4cccc(C(=O)N5CC[C@H](OC)C5)c4)sc3cn2)n1. The Morgan fingerprint density at radius 3 is 2.78 bits per heavy atom. The highest BCUT2D eigenvalue weighted by molar-refractivity contribution is 7.21. The molecule has 1 aromatic carbocycles. The largest absolute Gasteiger partial charge is 0.380 e. The lowest BCUT2D eigenvalue weighted by molar-refractivity contribution is 0.0724. The maximum absolute atomic E-state index is 13.1. The number of pyridine rings is 1. The summed E-state index contributed by atoms with van der Waals surface area (Å²) in [4.78, 5) is 39.0. The quantitative estimate of drug-likeness (QED) is 0.348. The van der Waals surface area contributed by atoms with E-state index in [2.05, 4.69) is 27.0 Å². The van der Waals surface area contributed by atoms with Gasteiger partial charge in [-0.3, -0.25) is 9.69 Å². The molecule has 2 bridgehead atoms. The van der Waals surface area contributed by atoms with E-state index in [1.165, 1.54) is 6.42 Å². The molecular formula is C30H34N8O2S. The van der Waals surface area contributed by atoms with Gasteiger partial charge >= 0.3 is 0 Å². The predicted octanol–water partition coefficient (Wildman–Crippen LogP) is 4.34. The average Bonchev–Trinajstić information content (AvgIpc) is 3.79. The monoisotopic (exact) mass is 570 g/mol. The van der Waals surface area contributed by atoms with E-state index in [1.54, 1.807) is 18.4 Å². The molecule has 10 nitrogen and oxygen atoms in total. The predicted molar refractivity (Wildman–Crippen MR) is 161 cm³/mol. The van der Waals surface area contributed by atoms with Crippen LogP contribution in [0.25, 0.3) is 20.8 Å². The molecule has 3 aromatic heterocycles. The topological polar surface area (TPSA) is 99.6 Å². The Morgan fingerprint density at radius 2 is 2.00 bits per heavy atom. The molecular weight excluding hydrogens is 536 g/mol. The second kappa shape index (κ2) is 10.6. The summed E-state index contributed by atoms with van der Waals surface area (Å²) < 4.78 is 6.41. The van der Waals surface area contributed by atoms with Crippen LogP contribution in [0.4, 0.5) is 17.6 Å². The molecule has 212 valence electrons. The molecule has 0 aliphatic carbocycles. The number of thiazole rings is 1. The first-order valence-corrected chi connectivity index (χ1v) is 15.1. The third kappa shape index (κ3) is 5.02. The summed E-state index contributed by atoms with van der Waals surface area (Å²) in [6.45, 7) is 8.74. The zero-order chi connectivity index (χ0) is 28.1. The van der Waals surface area contributed by atoms with E-state index in [1.807, 2.05) is 54.4 Å². The standard InChI is InChI=1S/C30H34N8O2S/c1-4-36-15-22-12-21(36)16-38(22)30-32-18(2)10-27(35-30)34-26-13-24-25(14-31-26)41-28(33-24)19-6-5-7-20(11-19)29(39)37-9-8-23(17-37)40-3/h5-7,10-11,13-14,21-23H,4,8-9,12,15-17H2,1-3H3,(H,31,32,34,35)/t21-,22-,23-/m0/s1. The fourth-order valence-electron chi connectivity index (χ4n) is 6.36. The Bertz CT molecular complexity index is 1610. The molecule has 4 aromatic rings. The smallest absolute Gasteiger partial charge is 0.253 e. The van der Waals surface area contributed by atoms with Crippen LogP contribution in [0, 0.1) is 6.92 Å². The maximum atomic E-state index is 13.1. The maximum Gasteiger partial charge on any atom is 0.253 e. The van der Waals surface area contributed by atoms with E-state index in [0.717, 1.165) is 64.3 Å². The number of likely N-dealkylation sites (N-methyl/N-ethyl adjacent to an activating group) is 1. The number of piperazine rings is 1. The Morgan fingerprint density at radius 1 is 1.10 bits per heavy atom. The zero-order valence-electron chi connectivity index (χ0n) is 23.6. The number of anilines is 3. The molecule has 41 heavy (non-hydrogen) atoms. The van der Waals surface area contributed by atoms with Crippen molar-refractivity contribution in [1.29, 1.82) is 0 Å². The first-order valence-electron chi connectivity index (χ1n) is 14.3. The zero-order valence-corrected chi connectivity index (χ0v) is 24.4. The van der Waals surface area contributed by atoms with Crippen LogP contribution in [-0.2, 0) is 4.74 Å². The molecule has 3 fully saturated rings. The van der Waals surface area contributed by atoms with Gasteiger partial charge in [-0.2, -0.15) is 4.98 Å². The van der Waals surface area contributed by atoms with E-state index in [9.17, 15) is 4.79 Å². The molecule has 1 amide bonds. The van der Waals surface area contributed by atoms with Crippen LogP contribution in [0.2, 0.25) is 0 Å². The second-order valence-corrected chi connectivity index (χ2v) is 12.2. The number of fused-ring (bicyclic) bond motifs is 3. The van der Waals surface area contributed by atoms with Crippen molar-refractivity contribution in [3.05, 3.63) is 53.9 Å². The molecule has 0 spiro atoms. The summed E-state index contributed by atoms with van der Waals surface area (Å²) >= 11 is 1.57. The fourth-order valence-corrected chi connectivity index (χ4v) is 7.27. The summed E-state index contributed by atoms with van der Waals surface area (Å²) in [5, 5.41) is 4.24. The van der Waals surface area contributed by atoms with Gasteiger partial charge in [-0.15, -0.1) is 11.3 Å². The van der Waals surface area contributed by atoms with Crippen molar-refractivity contribution >= 4 is 45.0 Å². The van der Waals surface area contributed by atoms with Gasteiger partial charge in [-0.1, -0.05) is 19.1 Å². The molecule has 1 N–H and O–H groups in total. The Labute approximate surface area is 243 Å². The minimum absolute atomic E-state index is 0.0321. The molecule has 3 atom stereocenters. The van der Waals surface area contributed by atoms with Gasteiger partial charge in [0.1, 0.15) is 16.6 Å². The number of methoxy groups -OCH3 is 1. The third-order valence-corrected chi connectivity index (χ3v) is 9.57. The van der Waals surface area contributed by atoms with E-state index in [4.69, 9.17) is 19.7 Å². The number of carbonyl (C=O) groups excluding carboxylic acids is 1. The van der Waals surface area contributed by atoms with E-state index < -0.39 is 0 Å². The van der Waals surface area contributed by atoms with Crippen LogP contribution in [0.15, 0.2) is 42.6 Å². The lowest BCUT2D eigenvalue weighted by atomic mass is 10.1. The number of hydrogen-bond acceptors (Lipinski definition) is 10. The molecule has 6 heterocycles. The van der Waals surface area contributed by atoms with Crippen LogP contribution in [0.3, 0.4) is 0 Å². The van der Waals surface area contributed by atoms with Crippen LogP contribution < -0.4 is 10.2 Å². The summed E-state index contributed by atoms with van der Waals surface area (Å²) in [6, 6.07) is 12.7. The van der Waals surface area contributed by atoms with Crippen molar-refractivity contribution in [2.75, 3.05) is 50.1 Å². The van der Waals surface area contributed by atoms with E-state index >= 15 is 0 Å². The number of aromatic nitrogens is 4. The number of aryl methyl sites for hydroxylation is 1. The highest BCUT2D eigenvalue weighted by atomic mass is 32.1. The third-order valence-electron chi connectivity index (χ3n) is 8.51. The number of carbonyl (C=O) groups is 1. The van der Waals surface area contributed by atoms with Gasteiger partial charge in [0.2, 0.25) is 5.95 Å². The van der Waals surface area contributed by atoms with Crippen LogP contribution >= 0.6 is 11.3 Å².